The lowest BCUT2D eigenvalue weighted by Crippen LogP contribution is -2.30. The summed E-state index contributed by atoms with van der Waals surface area (Å²) in [5, 5.41) is 11.7. The molecule has 1 amide bonds. The summed E-state index contributed by atoms with van der Waals surface area (Å²) in [5.74, 6) is -0.306. The largest absolute Gasteiger partial charge is 0.298 e. The Morgan fingerprint density at radius 3 is 2.44 bits per heavy atom. The van der Waals surface area contributed by atoms with E-state index in [0.29, 0.717) is 16.4 Å². The van der Waals surface area contributed by atoms with Crippen molar-refractivity contribution in [2.45, 2.75) is 13.8 Å². The lowest BCUT2D eigenvalue weighted by Gasteiger charge is -2.14. The van der Waals surface area contributed by atoms with E-state index in [4.69, 9.17) is 5.26 Å². The number of aliphatic imine (C=N–C) groups is 1. The molecule has 0 bridgehead atoms. The molecule has 0 aromatic heterocycles. The number of benzene rings is 2. The van der Waals surface area contributed by atoms with Crippen molar-refractivity contribution in [3.8, 4) is 6.19 Å². The molecule has 0 unspecified atom stereocenters. The molecule has 0 saturated heterocycles. The van der Waals surface area contributed by atoms with Gasteiger partial charge in [-0.1, -0.05) is 42.1 Å². The molecule has 0 aliphatic carbocycles. The van der Waals surface area contributed by atoms with Crippen molar-refractivity contribution < 1.29 is 4.79 Å². The Morgan fingerprint density at radius 1 is 1.12 bits per heavy atom. The van der Waals surface area contributed by atoms with Crippen molar-refractivity contribution >= 4 is 34.2 Å². The van der Waals surface area contributed by atoms with Crippen LogP contribution in [0.15, 0.2) is 47.5 Å². The van der Waals surface area contributed by atoms with Crippen LogP contribution < -0.4 is 16.2 Å². The van der Waals surface area contributed by atoms with Gasteiger partial charge in [0.15, 0.2) is 11.4 Å². The van der Waals surface area contributed by atoms with Crippen molar-refractivity contribution in [2.75, 3.05) is 11.7 Å². The number of aryl methyl sites for hydroxylation is 2. The summed E-state index contributed by atoms with van der Waals surface area (Å²) >= 11 is 1.29. The Kier molecular flexibility index (Phi) is 6.43. The van der Waals surface area contributed by atoms with Crippen molar-refractivity contribution in [2.24, 2.45) is 4.99 Å². The van der Waals surface area contributed by atoms with Crippen LogP contribution in [0.5, 0.6) is 0 Å². The summed E-state index contributed by atoms with van der Waals surface area (Å²) in [4.78, 5) is 16.9. The summed E-state index contributed by atoms with van der Waals surface area (Å²) in [6.45, 7) is 3.94. The number of amidine groups is 1. The molecule has 0 atom stereocenters. The van der Waals surface area contributed by atoms with Crippen LogP contribution in [-0.2, 0) is 0 Å². The van der Waals surface area contributed by atoms with Gasteiger partial charge in [0.1, 0.15) is 0 Å². The first-order valence-corrected chi connectivity index (χ1v) is 8.78. The minimum Gasteiger partial charge on any atom is -0.298 e. The van der Waals surface area contributed by atoms with Crippen molar-refractivity contribution in [1.29, 1.82) is 5.26 Å². The molecule has 2 aromatic carbocycles. The predicted molar refractivity (Wildman–Crippen MR) is 103 cm³/mol. The number of nitrogens with zero attached hydrogens (tertiary/aromatic N) is 2. The van der Waals surface area contributed by atoms with Gasteiger partial charge in [-0.15, -0.1) is 0 Å². The normalized spacial score (nSPS) is 10.7. The molecular formula is C18H19N5OS. The Labute approximate surface area is 151 Å². The summed E-state index contributed by atoms with van der Waals surface area (Å²) in [6.07, 6.45) is 3.63. The van der Waals surface area contributed by atoms with Gasteiger partial charge in [-0.2, -0.15) is 5.26 Å². The fourth-order valence-corrected chi connectivity index (χ4v) is 2.58. The number of amides is 1. The minimum atomic E-state index is -0.306. The average molecular weight is 353 g/mol. The second-order valence-electron chi connectivity index (χ2n) is 5.22. The van der Waals surface area contributed by atoms with Crippen LogP contribution in [0.3, 0.4) is 0 Å². The number of rotatable bonds is 4. The number of nitrogens with one attached hydrogen (secondary N) is 3. The number of para-hydroxylation sites is 2. The maximum Gasteiger partial charge on any atom is 0.271 e. The molecule has 0 fully saturated rings. The molecule has 7 heteroatoms. The van der Waals surface area contributed by atoms with Gasteiger partial charge in [-0.05, 0) is 43.4 Å². The van der Waals surface area contributed by atoms with Gasteiger partial charge in [0.25, 0.3) is 5.91 Å². The zero-order valence-corrected chi connectivity index (χ0v) is 15.1. The van der Waals surface area contributed by atoms with E-state index in [1.54, 1.807) is 30.5 Å². The van der Waals surface area contributed by atoms with Crippen LogP contribution in [0.1, 0.15) is 21.5 Å². The minimum absolute atomic E-state index is 0.306. The maximum atomic E-state index is 12.6. The summed E-state index contributed by atoms with van der Waals surface area (Å²) in [7, 11) is 0. The van der Waals surface area contributed by atoms with Crippen LogP contribution in [0.2, 0.25) is 0 Å². The van der Waals surface area contributed by atoms with Gasteiger partial charge in [-0.25, -0.2) is 4.99 Å². The molecule has 0 saturated carbocycles. The molecule has 0 spiro atoms. The topological polar surface area (TPSA) is 89.3 Å². The number of nitriles is 1. The van der Waals surface area contributed by atoms with Crippen molar-refractivity contribution in [3.63, 3.8) is 0 Å². The first-order chi connectivity index (χ1) is 12.1. The molecule has 25 heavy (non-hydrogen) atoms. The van der Waals surface area contributed by atoms with Crippen molar-refractivity contribution in [3.05, 3.63) is 59.2 Å². The van der Waals surface area contributed by atoms with E-state index in [1.165, 1.54) is 11.8 Å². The van der Waals surface area contributed by atoms with Gasteiger partial charge < -0.3 is 0 Å². The standard InChI is InChI=1S/C18H19N5OS/c1-12-7-6-8-13(2)16(12)22-23-17(24)14-9-4-5-10-15(14)21-18(25-3)20-11-19/h4-10,22H,1-3H3,(H,20,21)(H,23,24). The summed E-state index contributed by atoms with van der Waals surface area (Å²) < 4.78 is 0. The molecule has 2 aromatic rings. The second kappa shape index (κ2) is 8.76. The zero-order chi connectivity index (χ0) is 18.2. The third kappa shape index (κ3) is 4.75. The number of thioether (sulfide) groups is 1. The lowest BCUT2D eigenvalue weighted by molar-refractivity contribution is 0.0963. The third-order valence-electron chi connectivity index (χ3n) is 3.51. The van der Waals surface area contributed by atoms with Gasteiger partial charge in [0.05, 0.1) is 16.9 Å². The quantitative estimate of drug-likeness (QED) is 0.257. The van der Waals surface area contributed by atoms with Crippen LogP contribution in [-0.4, -0.2) is 17.3 Å². The van der Waals surface area contributed by atoms with Gasteiger partial charge >= 0.3 is 0 Å². The number of hydrazine groups is 1. The maximum absolute atomic E-state index is 12.6. The van der Waals surface area contributed by atoms with Crippen LogP contribution in [0, 0.1) is 25.3 Å². The van der Waals surface area contributed by atoms with E-state index < -0.39 is 0 Å². The van der Waals surface area contributed by atoms with Crippen LogP contribution >= 0.6 is 11.8 Å². The highest BCUT2D eigenvalue weighted by molar-refractivity contribution is 8.13. The Bertz CT molecular complexity index is 821. The van der Waals surface area contributed by atoms with Gasteiger partial charge in [0, 0.05) is 0 Å². The Morgan fingerprint density at radius 2 is 1.80 bits per heavy atom. The third-order valence-corrected chi connectivity index (χ3v) is 4.09. The summed E-state index contributed by atoms with van der Waals surface area (Å²) in [6, 6.07) is 12.9. The highest BCUT2D eigenvalue weighted by Gasteiger charge is 2.12. The SMILES string of the molecule is CSC(=Nc1ccccc1C(=O)NNc1c(C)cccc1C)NC#N. The molecule has 0 radical (unpaired) electrons. The van der Waals surface area contributed by atoms with Gasteiger partial charge in [-0.3, -0.25) is 21.0 Å². The zero-order valence-electron chi connectivity index (χ0n) is 14.3. The van der Waals surface area contributed by atoms with E-state index in [0.717, 1.165) is 16.8 Å². The Hall–Kier alpha value is -2.98. The van der Waals surface area contributed by atoms with E-state index >= 15 is 0 Å². The number of hydrogen-bond donors (Lipinski definition) is 3. The number of anilines is 1. The molecule has 6 nitrogen and oxygen atoms in total. The first-order valence-electron chi connectivity index (χ1n) is 7.56. The summed E-state index contributed by atoms with van der Waals surface area (Å²) in [5.41, 5.74) is 9.52. The smallest absolute Gasteiger partial charge is 0.271 e. The highest BCUT2D eigenvalue weighted by Crippen LogP contribution is 2.21. The molecule has 0 aliphatic heterocycles. The average Bonchev–Trinajstić information content (AvgIpc) is 2.61. The molecule has 2 rings (SSSR count). The fourth-order valence-electron chi connectivity index (χ4n) is 2.24. The fraction of sp³-hybridized carbons (Fsp3) is 0.167. The molecule has 0 aliphatic rings. The monoisotopic (exact) mass is 353 g/mol. The predicted octanol–water partition coefficient (Wildman–Crippen LogP) is 3.48. The number of hydrogen-bond acceptors (Lipinski definition) is 5. The van der Waals surface area contributed by atoms with E-state index in [9.17, 15) is 4.79 Å². The van der Waals surface area contributed by atoms with E-state index in [-0.39, 0.29) is 5.91 Å². The van der Waals surface area contributed by atoms with Crippen molar-refractivity contribution in [1.82, 2.24) is 10.7 Å². The highest BCUT2D eigenvalue weighted by atomic mass is 32.2. The van der Waals surface area contributed by atoms with Crippen LogP contribution in [0.4, 0.5) is 11.4 Å². The molecule has 128 valence electrons. The first kappa shape index (κ1) is 18.4. The van der Waals surface area contributed by atoms with E-state index in [2.05, 4.69) is 21.2 Å². The number of carbonyl (C=O) groups is 1. The van der Waals surface area contributed by atoms with E-state index in [1.807, 2.05) is 38.2 Å². The number of carbonyl (C=O) groups excluding carboxylic acids is 1. The lowest BCUT2D eigenvalue weighted by atomic mass is 10.1. The molecular weight excluding hydrogens is 334 g/mol. The molecule has 0 heterocycles. The second-order valence-corrected chi connectivity index (χ2v) is 6.02. The van der Waals surface area contributed by atoms with Gasteiger partial charge in [0.2, 0.25) is 0 Å². The van der Waals surface area contributed by atoms with Crippen LogP contribution in [0.25, 0.3) is 0 Å². The Balaban J connectivity index is 2.22. The molecule has 3 N–H and O–H groups in total.